The van der Waals surface area contributed by atoms with E-state index in [1.54, 1.807) is 10.6 Å². The second kappa shape index (κ2) is 8.33. The molecule has 0 radical (unpaired) electrons. The molecule has 1 amide bonds. The first-order chi connectivity index (χ1) is 11.6. The van der Waals surface area contributed by atoms with Crippen LogP contribution in [-0.4, -0.2) is 46.9 Å². The van der Waals surface area contributed by atoms with Crippen LogP contribution in [0.3, 0.4) is 0 Å². The van der Waals surface area contributed by atoms with Gasteiger partial charge in [0.1, 0.15) is 11.3 Å². The van der Waals surface area contributed by atoms with E-state index in [1.165, 1.54) is 0 Å². The van der Waals surface area contributed by atoms with Gasteiger partial charge >= 0.3 is 0 Å². The van der Waals surface area contributed by atoms with Gasteiger partial charge in [-0.05, 0) is 24.5 Å². The fourth-order valence-corrected chi connectivity index (χ4v) is 3.18. The molecule has 0 fully saturated rings. The number of rotatable bonds is 6. The van der Waals surface area contributed by atoms with E-state index in [9.17, 15) is 14.7 Å². The molecule has 2 heterocycles. The van der Waals surface area contributed by atoms with E-state index in [0.29, 0.717) is 31.6 Å². The van der Waals surface area contributed by atoms with Gasteiger partial charge < -0.3 is 25.4 Å². The quantitative estimate of drug-likeness (QED) is 0.553. The summed E-state index contributed by atoms with van der Waals surface area (Å²) in [5.41, 5.74) is 1.09. The van der Waals surface area contributed by atoms with Gasteiger partial charge in [0.15, 0.2) is 0 Å². The van der Waals surface area contributed by atoms with Crippen LogP contribution in [0.25, 0.3) is 10.9 Å². The minimum atomic E-state index is -0.579. The summed E-state index contributed by atoms with van der Waals surface area (Å²) in [6.07, 6.45) is 1.70. The van der Waals surface area contributed by atoms with Crippen LogP contribution < -0.4 is 16.2 Å². The van der Waals surface area contributed by atoms with Gasteiger partial charge in [-0.15, -0.1) is 12.4 Å². The number of aliphatic hydroxyl groups excluding tert-OH is 1. The number of carbonyl (C=O) groups excluding carboxylic acids is 1. The number of para-hydroxylation sites is 1. The Labute approximate surface area is 151 Å². The summed E-state index contributed by atoms with van der Waals surface area (Å²) in [5, 5.41) is 25.3. The van der Waals surface area contributed by atoms with E-state index in [1.807, 2.05) is 12.1 Å². The van der Waals surface area contributed by atoms with E-state index < -0.39 is 11.5 Å². The van der Waals surface area contributed by atoms with Crippen LogP contribution in [0.15, 0.2) is 23.0 Å². The number of halogens is 1. The maximum absolute atomic E-state index is 12.7. The lowest BCUT2D eigenvalue weighted by Gasteiger charge is -2.21. The monoisotopic (exact) mass is 367 g/mol. The van der Waals surface area contributed by atoms with Crippen molar-refractivity contribution in [2.24, 2.45) is 0 Å². The highest BCUT2D eigenvalue weighted by molar-refractivity contribution is 6.02. The molecule has 2 aromatic rings. The van der Waals surface area contributed by atoms with Gasteiger partial charge in [0.2, 0.25) is 0 Å². The third kappa shape index (κ3) is 3.63. The molecule has 1 aliphatic rings. The normalized spacial score (nSPS) is 12.7. The van der Waals surface area contributed by atoms with E-state index in [4.69, 9.17) is 5.11 Å². The second-order valence-corrected chi connectivity index (χ2v) is 5.83. The van der Waals surface area contributed by atoms with Crippen molar-refractivity contribution in [3.05, 3.63) is 39.7 Å². The fraction of sp³-hybridized carbons (Fsp3) is 0.412. The third-order valence-corrected chi connectivity index (χ3v) is 4.27. The second-order valence-electron chi connectivity index (χ2n) is 5.83. The highest BCUT2D eigenvalue weighted by Crippen LogP contribution is 2.31. The Hall–Kier alpha value is -2.09. The Kier molecular flexibility index (Phi) is 6.41. The van der Waals surface area contributed by atoms with Gasteiger partial charge in [-0.25, -0.2) is 0 Å². The number of hydrogen-bond donors (Lipinski definition) is 4. The SMILES string of the molecule is Cl.O=C(NCCNCCO)c1c(O)c2cccc3c2n(c1=O)CCC3. The first-order valence-corrected chi connectivity index (χ1v) is 8.12. The highest BCUT2D eigenvalue weighted by atomic mass is 35.5. The van der Waals surface area contributed by atoms with E-state index in [-0.39, 0.29) is 30.3 Å². The van der Waals surface area contributed by atoms with Crippen molar-refractivity contribution in [2.75, 3.05) is 26.2 Å². The Morgan fingerprint density at radius 1 is 1.24 bits per heavy atom. The van der Waals surface area contributed by atoms with Crippen molar-refractivity contribution in [1.82, 2.24) is 15.2 Å². The molecule has 136 valence electrons. The number of benzene rings is 1. The number of nitrogens with zero attached hydrogens (tertiary/aromatic N) is 1. The Bertz CT molecular complexity index is 835. The Balaban J connectivity index is 0.00000225. The first kappa shape index (κ1) is 19.2. The lowest BCUT2D eigenvalue weighted by Crippen LogP contribution is -2.37. The lowest BCUT2D eigenvalue weighted by molar-refractivity contribution is 0.0949. The molecule has 7 nitrogen and oxygen atoms in total. The number of hydrogen-bond acceptors (Lipinski definition) is 5. The molecule has 0 saturated carbocycles. The number of amides is 1. The van der Waals surface area contributed by atoms with Crippen molar-refractivity contribution in [3.8, 4) is 5.75 Å². The fourth-order valence-electron chi connectivity index (χ4n) is 3.18. The van der Waals surface area contributed by atoms with Crippen LogP contribution in [-0.2, 0) is 13.0 Å². The number of carbonyl (C=O) groups is 1. The number of aliphatic hydroxyl groups is 1. The molecule has 1 aromatic carbocycles. The van der Waals surface area contributed by atoms with E-state index in [0.717, 1.165) is 23.9 Å². The predicted octanol–water partition coefficient (Wildman–Crippen LogP) is 0.387. The van der Waals surface area contributed by atoms with Gasteiger partial charge in [-0.2, -0.15) is 0 Å². The first-order valence-electron chi connectivity index (χ1n) is 8.12. The summed E-state index contributed by atoms with van der Waals surface area (Å²) in [6.45, 7) is 1.78. The molecule has 0 spiro atoms. The van der Waals surface area contributed by atoms with Crippen molar-refractivity contribution < 1.29 is 15.0 Å². The molecule has 8 heteroatoms. The number of pyridine rings is 1. The molecule has 3 rings (SSSR count). The molecule has 4 N–H and O–H groups in total. The molecule has 1 aromatic heterocycles. The zero-order valence-electron chi connectivity index (χ0n) is 13.7. The molecule has 25 heavy (non-hydrogen) atoms. The van der Waals surface area contributed by atoms with Gasteiger partial charge in [-0.3, -0.25) is 9.59 Å². The summed E-state index contributed by atoms with van der Waals surface area (Å²) in [6, 6.07) is 5.51. The largest absolute Gasteiger partial charge is 0.506 e. The number of nitrogens with one attached hydrogen (secondary N) is 2. The zero-order chi connectivity index (χ0) is 17.1. The summed E-state index contributed by atoms with van der Waals surface area (Å²) in [7, 11) is 0. The van der Waals surface area contributed by atoms with Gasteiger partial charge in [-0.1, -0.05) is 12.1 Å². The summed E-state index contributed by atoms with van der Waals surface area (Å²) < 4.78 is 1.59. The Morgan fingerprint density at radius 3 is 2.80 bits per heavy atom. The number of aromatic hydroxyl groups is 1. The smallest absolute Gasteiger partial charge is 0.267 e. The molecule has 0 unspecified atom stereocenters. The van der Waals surface area contributed by atoms with Crippen molar-refractivity contribution in [2.45, 2.75) is 19.4 Å². The molecule has 0 atom stereocenters. The maximum atomic E-state index is 12.7. The predicted molar refractivity (Wildman–Crippen MR) is 97.7 cm³/mol. The van der Waals surface area contributed by atoms with Crippen molar-refractivity contribution >= 4 is 29.2 Å². The zero-order valence-corrected chi connectivity index (χ0v) is 14.6. The van der Waals surface area contributed by atoms with Crippen LogP contribution in [0.2, 0.25) is 0 Å². The average molecular weight is 368 g/mol. The van der Waals surface area contributed by atoms with E-state index in [2.05, 4.69) is 10.6 Å². The third-order valence-electron chi connectivity index (χ3n) is 4.27. The summed E-state index contributed by atoms with van der Waals surface area (Å²) >= 11 is 0. The van der Waals surface area contributed by atoms with Crippen LogP contribution in [0.1, 0.15) is 22.3 Å². The number of aryl methyl sites for hydroxylation is 2. The highest BCUT2D eigenvalue weighted by Gasteiger charge is 2.24. The lowest BCUT2D eigenvalue weighted by atomic mass is 9.99. The molecular weight excluding hydrogens is 346 g/mol. The van der Waals surface area contributed by atoms with Gasteiger partial charge in [0.05, 0.1) is 12.1 Å². The molecule has 0 bridgehead atoms. The standard InChI is InChI=1S/C17H21N3O4.ClH/c21-10-8-18-6-7-19-16(23)13-15(22)12-5-1-3-11-4-2-9-20(14(11)12)17(13)24;/h1,3,5,18,21-22H,2,4,6-10H2,(H,19,23);1H. The van der Waals surface area contributed by atoms with Crippen LogP contribution in [0.4, 0.5) is 0 Å². The molecule has 1 aliphatic heterocycles. The average Bonchev–Trinajstić information content (AvgIpc) is 2.59. The minimum Gasteiger partial charge on any atom is -0.506 e. The molecule has 0 saturated heterocycles. The Morgan fingerprint density at radius 2 is 2.04 bits per heavy atom. The molecule has 0 aliphatic carbocycles. The van der Waals surface area contributed by atoms with Crippen molar-refractivity contribution in [3.63, 3.8) is 0 Å². The summed E-state index contributed by atoms with van der Waals surface area (Å²) in [5.74, 6) is -0.833. The van der Waals surface area contributed by atoms with Gasteiger partial charge in [0, 0.05) is 31.6 Å². The van der Waals surface area contributed by atoms with Crippen LogP contribution in [0.5, 0.6) is 5.75 Å². The van der Waals surface area contributed by atoms with Crippen LogP contribution >= 0.6 is 12.4 Å². The van der Waals surface area contributed by atoms with Crippen LogP contribution in [0, 0.1) is 0 Å². The van der Waals surface area contributed by atoms with Crippen molar-refractivity contribution in [1.29, 1.82) is 0 Å². The van der Waals surface area contributed by atoms with E-state index >= 15 is 0 Å². The minimum absolute atomic E-state index is 0. The number of aromatic nitrogens is 1. The van der Waals surface area contributed by atoms with Gasteiger partial charge in [0.25, 0.3) is 11.5 Å². The maximum Gasteiger partial charge on any atom is 0.267 e. The summed E-state index contributed by atoms with van der Waals surface area (Å²) in [4.78, 5) is 25.1. The molecular formula is C17H22ClN3O4. The topological polar surface area (TPSA) is 104 Å².